The molecule has 2 heterocycles. The van der Waals surface area contributed by atoms with Gasteiger partial charge in [0.05, 0.1) is 29.5 Å². The van der Waals surface area contributed by atoms with Gasteiger partial charge in [0, 0.05) is 18.7 Å². The number of carbonyl (C=O) groups is 1. The Morgan fingerprint density at radius 1 is 1.18 bits per heavy atom. The van der Waals surface area contributed by atoms with E-state index in [0.29, 0.717) is 36.8 Å². The van der Waals surface area contributed by atoms with Crippen LogP contribution in [0.3, 0.4) is 0 Å². The number of amides is 1. The Bertz CT molecular complexity index is 1040. The van der Waals surface area contributed by atoms with Crippen molar-refractivity contribution in [1.29, 1.82) is 0 Å². The van der Waals surface area contributed by atoms with Gasteiger partial charge in [-0.25, -0.2) is 4.98 Å². The number of benzene rings is 1. The molecule has 1 aliphatic carbocycles. The first kappa shape index (κ1) is 18.4. The van der Waals surface area contributed by atoms with Crippen molar-refractivity contribution >= 4 is 16.8 Å². The quantitative estimate of drug-likeness (QED) is 0.644. The largest absolute Gasteiger partial charge is 0.350 e. The minimum Gasteiger partial charge on any atom is -0.350 e. The van der Waals surface area contributed by atoms with Gasteiger partial charge < -0.3 is 5.32 Å². The summed E-state index contributed by atoms with van der Waals surface area (Å²) in [6, 6.07) is 7.30. The average Bonchev–Trinajstić information content (AvgIpc) is 2.94. The van der Waals surface area contributed by atoms with Crippen molar-refractivity contribution in [3.8, 4) is 0 Å². The number of hydrogen-bond donors (Lipinski definition) is 2. The van der Waals surface area contributed by atoms with E-state index in [-0.39, 0.29) is 11.5 Å². The minimum absolute atomic E-state index is 0.0211. The zero-order valence-electron chi connectivity index (χ0n) is 15.9. The molecule has 0 unspecified atom stereocenters. The predicted octanol–water partition coefficient (Wildman–Crippen LogP) is 2.49. The van der Waals surface area contributed by atoms with Crippen molar-refractivity contribution in [2.24, 2.45) is 0 Å². The molecule has 0 aliphatic heterocycles. The first-order valence-electron chi connectivity index (χ1n) is 9.98. The third-order valence-corrected chi connectivity index (χ3v) is 5.38. The SMILES string of the molecule is O=C(CCCn1cnc2ccccc2c1=O)NCc1n[nH]c2c1CCCCC2. The first-order valence-corrected chi connectivity index (χ1v) is 9.98. The second-order valence-corrected chi connectivity index (χ2v) is 7.33. The average molecular weight is 379 g/mol. The summed E-state index contributed by atoms with van der Waals surface area (Å²) in [6.07, 6.45) is 8.22. The zero-order valence-corrected chi connectivity index (χ0v) is 15.9. The number of nitrogens with one attached hydrogen (secondary N) is 2. The lowest BCUT2D eigenvalue weighted by Gasteiger charge is -2.08. The molecule has 0 saturated carbocycles. The second kappa shape index (κ2) is 8.37. The number of hydrogen-bond acceptors (Lipinski definition) is 4. The van der Waals surface area contributed by atoms with Crippen LogP contribution in [0.2, 0.25) is 0 Å². The lowest BCUT2D eigenvalue weighted by atomic mass is 10.1. The van der Waals surface area contributed by atoms with Crippen LogP contribution in [0.5, 0.6) is 0 Å². The molecular weight excluding hydrogens is 354 g/mol. The lowest BCUT2D eigenvalue weighted by molar-refractivity contribution is -0.121. The van der Waals surface area contributed by atoms with E-state index in [4.69, 9.17) is 0 Å². The number of aromatic amines is 1. The molecular formula is C21H25N5O2. The molecule has 1 aromatic carbocycles. The minimum atomic E-state index is -0.0646. The molecule has 1 amide bonds. The Morgan fingerprint density at radius 3 is 2.96 bits per heavy atom. The third-order valence-electron chi connectivity index (χ3n) is 5.38. The van der Waals surface area contributed by atoms with E-state index in [1.165, 1.54) is 30.5 Å². The van der Waals surface area contributed by atoms with Crippen LogP contribution in [0.4, 0.5) is 0 Å². The second-order valence-electron chi connectivity index (χ2n) is 7.33. The highest BCUT2D eigenvalue weighted by atomic mass is 16.1. The highest BCUT2D eigenvalue weighted by Gasteiger charge is 2.16. The lowest BCUT2D eigenvalue weighted by Crippen LogP contribution is -2.25. The predicted molar refractivity (Wildman–Crippen MR) is 107 cm³/mol. The molecule has 2 N–H and O–H groups in total. The molecule has 2 aromatic heterocycles. The van der Waals surface area contributed by atoms with E-state index in [9.17, 15) is 9.59 Å². The van der Waals surface area contributed by atoms with Crippen LogP contribution in [-0.4, -0.2) is 25.7 Å². The number of nitrogens with zero attached hydrogens (tertiary/aromatic N) is 3. The Labute approximate surface area is 163 Å². The molecule has 28 heavy (non-hydrogen) atoms. The molecule has 0 spiro atoms. The van der Waals surface area contributed by atoms with Crippen molar-refractivity contribution in [3.63, 3.8) is 0 Å². The Morgan fingerprint density at radius 2 is 2.04 bits per heavy atom. The highest BCUT2D eigenvalue weighted by Crippen LogP contribution is 2.21. The number of para-hydroxylation sites is 1. The zero-order chi connectivity index (χ0) is 19.3. The van der Waals surface area contributed by atoms with Crippen LogP contribution in [0.25, 0.3) is 10.9 Å². The van der Waals surface area contributed by atoms with E-state index in [1.807, 2.05) is 18.2 Å². The van der Waals surface area contributed by atoms with Gasteiger partial charge in [-0.05, 0) is 49.8 Å². The van der Waals surface area contributed by atoms with Gasteiger partial charge in [0.25, 0.3) is 5.56 Å². The molecule has 4 rings (SSSR count). The Kier molecular flexibility index (Phi) is 5.50. The highest BCUT2D eigenvalue weighted by molar-refractivity contribution is 5.77. The first-order chi connectivity index (χ1) is 13.7. The van der Waals surface area contributed by atoms with Gasteiger partial charge in [0.15, 0.2) is 0 Å². The van der Waals surface area contributed by atoms with Crippen LogP contribution >= 0.6 is 0 Å². The maximum Gasteiger partial charge on any atom is 0.261 e. The van der Waals surface area contributed by atoms with Gasteiger partial charge in [-0.3, -0.25) is 19.3 Å². The van der Waals surface area contributed by atoms with Crippen molar-refractivity contribution < 1.29 is 4.79 Å². The van der Waals surface area contributed by atoms with Gasteiger partial charge in [-0.1, -0.05) is 18.6 Å². The summed E-state index contributed by atoms with van der Waals surface area (Å²) in [5.41, 5.74) is 4.10. The van der Waals surface area contributed by atoms with Crippen molar-refractivity contribution in [2.75, 3.05) is 0 Å². The van der Waals surface area contributed by atoms with Crippen LogP contribution in [0.15, 0.2) is 35.4 Å². The molecule has 3 aromatic rings. The van der Waals surface area contributed by atoms with Gasteiger partial charge in [-0.2, -0.15) is 5.10 Å². The normalized spacial score (nSPS) is 13.9. The van der Waals surface area contributed by atoms with Gasteiger partial charge in [0.2, 0.25) is 5.91 Å². The summed E-state index contributed by atoms with van der Waals surface area (Å²) < 4.78 is 1.57. The van der Waals surface area contributed by atoms with Crippen LogP contribution in [-0.2, 0) is 30.7 Å². The number of aryl methyl sites for hydroxylation is 2. The maximum absolute atomic E-state index is 12.5. The van der Waals surface area contributed by atoms with Crippen LogP contribution < -0.4 is 10.9 Å². The fraction of sp³-hybridized carbons (Fsp3) is 0.429. The van der Waals surface area contributed by atoms with Gasteiger partial charge >= 0.3 is 0 Å². The van der Waals surface area contributed by atoms with Gasteiger partial charge in [0.1, 0.15) is 0 Å². The summed E-state index contributed by atoms with van der Waals surface area (Å²) in [7, 11) is 0. The molecule has 0 atom stereocenters. The van der Waals surface area contributed by atoms with E-state index in [2.05, 4.69) is 20.5 Å². The molecule has 0 saturated heterocycles. The number of fused-ring (bicyclic) bond motifs is 2. The number of carbonyl (C=O) groups excluding carboxylic acids is 1. The maximum atomic E-state index is 12.5. The molecule has 146 valence electrons. The number of H-pyrrole nitrogens is 1. The summed E-state index contributed by atoms with van der Waals surface area (Å²) in [5.74, 6) is -0.0211. The molecule has 0 bridgehead atoms. The number of rotatable bonds is 6. The Hall–Kier alpha value is -2.96. The summed E-state index contributed by atoms with van der Waals surface area (Å²) >= 11 is 0. The summed E-state index contributed by atoms with van der Waals surface area (Å²) in [4.78, 5) is 29.0. The molecule has 7 nitrogen and oxygen atoms in total. The summed E-state index contributed by atoms with van der Waals surface area (Å²) in [5, 5.41) is 11.1. The molecule has 0 fully saturated rings. The third kappa shape index (κ3) is 3.98. The van der Waals surface area contributed by atoms with E-state index >= 15 is 0 Å². The van der Waals surface area contributed by atoms with E-state index in [0.717, 1.165) is 18.5 Å². The molecule has 7 heteroatoms. The fourth-order valence-corrected chi connectivity index (χ4v) is 3.82. The summed E-state index contributed by atoms with van der Waals surface area (Å²) in [6.45, 7) is 0.935. The van der Waals surface area contributed by atoms with Gasteiger partial charge in [-0.15, -0.1) is 0 Å². The molecule has 1 aliphatic rings. The van der Waals surface area contributed by atoms with Crippen molar-refractivity contribution in [3.05, 3.63) is 57.9 Å². The van der Waals surface area contributed by atoms with E-state index < -0.39 is 0 Å². The number of aromatic nitrogens is 4. The molecule has 0 radical (unpaired) electrons. The monoisotopic (exact) mass is 379 g/mol. The van der Waals surface area contributed by atoms with Crippen molar-refractivity contribution in [1.82, 2.24) is 25.1 Å². The topological polar surface area (TPSA) is 92.7 Å². The Balaban J connectivity index is 1.29. The smallest absolute Gasteiger partial charge is 0.261 e. The van der Waals surface area contributed by atoms with Crippen LogP contribution in [0, 0.1) is 0 Å². The fourth-order valence-electron chi connectivity index (χ4n) is 3.82. The standard InChI is InChI=1S/C21H25N5O2/c27-20(22-13-19-15-7-2-1-3-10-18(15)24-25-19)11-6-12-26-14-23-17-9-5-4-8-16(17)21(26)28/h4-5,8-9,14H,1-3,6-7,10-13H2,(H,22,27)(H,24,25). The van der Waals surface area contributed by atoms with E-state index in [1.54, 1.807) is 17.0 Å². The van der Waals surface area contributed by atoms with Crippen LogP contribution in [0.1, 0.15) is 49.1 Å². The van der Waals surface area contributed by atoms with Crippen molar-refractivity contribution in [2.45, 2.75) is 58.0 Å².